The number of rotatable bonds is 4. The molecular formula is C20H23ClFN3O2S. The highest BCUT2D eigenvalue weighted by atomic mass is 35.5. The number of likely N-dealkylation sites (tertiary alicyclic amines) is 2. The normalized spacial score (nSPS) is 19.7. The number of aromatic nitrogens is 1. The number of hydrogen-bond acceptors (Lipinski definition) is 5. The van der Waals surface area contributed by atoms with Crippen molar-refractivity contribution in [2.24, 2.45) is 0 Å². The van der Waals surface area contributed by atoms with Crippen LogP contribution in [0.2, 0.25) is 5.02 Å². The van der Waals surface area contributed by atoms with Gasteiger partial charge in [-0.15, -0.1) is 0 Å². The number of benzene rings is 1. The van der Waals surface area contributed by atoms with E-state index in [2.05, 4.69) is 9.88 Å². The average Bonchev–Trinajstić information content (AvgIpc) is 3.21. The second-order valence-electron chi connectivity index (χ2n) is 7.30. The highest BCUT2D eigenvalue weighted by molar-refractivity contribution is 7.11. The Hall–Kier alpha value is -1.70. The lowest BCUT2D eigenvalue weighted by Gasteiger charge is -2.41. The van der Waals surface area contributed by atoms with Gasteiger partial charge in [-0.3, -0.25) is 9.69 Å². The molecule has 150 valence electrons. The van der Waals surface area contributed by atoms with E-state index in [-0.39, 0.29) is 17.0 Å². The largest absolute Gasteiger partial charge is 0.467 e. The fourth-order valence-electron chi connectivity index (χ4n) is 4.04. The Labute approximate surface area is 173 Å². The molecule has 0 radical (unpaired) electrons. The first-order valence-corrected chi connectivity index (χ1v) is 10.9. The molecule has 2 aromatic rings. The van der Waals surface area contributed by atoms with Crippen molar-refractivity contribution in [1.82, 2.24) is 14.8 Å². The van der Waals surface area contributed by atoms with Crippen LogP contribution in [0.3, 0.4) is 0 Å². The van der Waals surface area contributed by atoms with E-state index in [1.54, 1.807) is 6.20 Å². The third-order valence-corrected chi connectivity index (χ3v) is 6.56. The van der Waals surface area contributed by atoms with Crippen molar-refractivity contribution in [2.75, 3.05) is 26.2 Å². The zero-order valence-electron chi connectivity index (χ0n) is 15.5. The zero-order valence-corrected chi connectivity index (χ0v) is 17.1. The lowest BCUT2D eigenvalue weighted by Crippen LogP contribution is -2.50. The van der Waals surface area contributed by atoms with Gasteiger partial charge in [0, 0.05) is 43.8 Å². The molecule has 2 aliphatic heterocycles. The summed E-state index contributed by atoms with van der Waals surface area (Å²) in [5.41, 5.74) is 0.377. The Morgan fingerprint density at radius 3 is 2.57 bits per heavy atom. The van der Waals surface area contributed by atoms with E-state index in [0.717, 1.165) is 44.0 Å². The first-order chi connectivity index (χ1) is 13.6. The van der Waals surface area contributed by atoms with E-state index in [4.69, 9.17) is 16.3 Å². The fraction of sp³-hybridized carbons (Fsp3) is 0.500. The van der Waals surface area contributed by atoms with Gasteiger partial charge in [-0.25, -0.2) is 9.37 Å². The molecule has 2 aliphatic rings. The van der Waals surface area contributed by atoms with Crippen LogP contribution in [0.25, 0.3) is 0 Å². The smallest absolute Gasteiger partial charge is 0.273 e. The Balaban J connectivity index is 1.26. The van der Waals surface area contributed by atoms with Gasteiger partial charge < -0.3 is 9.64 Å². The van der Waals surface area contributed by atoms with E-state index < -0.39 is 5.82 Å². The Kier molecular flexibility index (Phi) is 6.13. The molecule has 2 saturated heterocycles. The van der Waals surface area contributed by atoms with Crippen molar-refractivity contribution in [2.45, 2.75) is 37.8 Å². The lowest BCUT2D eigenvalue weighted by molar-refractivity contribution is 0.0425. The SMILES string of the molecule is O=C(c1ccc(F)cc1Cl)N1CCC(N2CCC(Oc3nccs3)CC2)CC1. The van der Waals surface area contributed by atoms with Crippen molar-refractivity contribution in [1.29, 1.82) is 0 Å². The molecule has 0 N–H and O–H groups in total. The van der Waals surface area contributed by atoms with Gasteiger partial charge in [0.15, 0.2) is 0 Å². The van der Waals surface area contributed by atoms with E-state index in [1.165, 1.54) is 29.5 Å². The number of carbonyl (C=O) groups excluding carboxylic acids is 1. The molecule has 3 heterocycles. The molecule has 4 rings (SSSR count). The van der Waals surface area contributed by atoms with Crippen LogP contribution in [0, 0.1) is 5.82 Å². The molecule has 0 unspecified atom stereocenters. The van der Waals surface area contributed by atoms with Gasteiger partial charge in [-0.1, -0.05) is 22.9 Å². The summed E-state index contributed by atoms with van der Waals surface area (Å²) < 4.78 is 19.2. The molecule has 0 aliphatic carbocycles. The standard InChI is InChI=1S/C20H23ClFN3O2S/c21-18-13-14(22)1-2-17(18)19(26)25-8-3-15(4-9-25)24-10-5-16(6-11-24)27-20-23-7-12-28-20/h1-2,7,12-13,15-16H,3-6,8-11H2. The fourth-order valence-corrected chi connectivity index (χ4v) is 4.84. The second-order valence-corrected chi connectivity index (χ2v) is 8.56. The molecule has 1 amide bonds. The molecule has 0 spiro atoms. The van der Waals surface area contributed by atoms with Gasteiger partial charge in [0.05, 0.1) is 10.6 Å². The third kappa shape index (κ3) is 4.47. The lowest BCUT2D eigenvalue weighted by atomic mass is 9.98. The Morgan fingerprint density at radius 2 is 1.93 bits per heavy atom. The molecule has 8 heteroatoms. The number of thiazole rings is 1. The molecule has 0 atom stereocenters. The molecule has 0 saturated carbocycles. The summed E-state index contributed by atoms with van der Waals surface area (Å²) in [7, 11) is 0. The minimum atomic E-state index is -0.428. The van der Waals surface area contributed by atoms with Crippen LogP contribution in [0.1, 0.15) is 36.0 Å². The number of piperidine rings is 2. The predicted molar refractivity (Wildman–Crippen MR) is 108 cm³/mol. The number of ether oxygens (including phenoxy) is 1. The van der Waals surface area contributed by atoms with Crippen LogP contribution in [0.4, 0.5) is 4.39 Å². The van der Waals surface area contributed by atoms with Gasteiger partial charge in [0.25, 0.3) is 11.1 Å². The molecule has 0 bridgehead atoms. The van der Waals surface area contributed by atoms with Gasteiger partial charge in [-0.2, -0.15) is 0 Å². The summed E-state index contributed by atoms with van der Waals surface area (Å²) in [6.45, 7) is 3.43. The maximum Gasteiger partial charge on any atom is 0.273 e. The van der Waals surface area contributed by atoms with Crippen LogP contribution in [0.15, 0.2) is 29.8 Å². The third-order valence-electron chi connectivity index (χ3n) is 5.58. The second kappa shape index (κ2) is 8.76. The van der Waals surface area contributed by atoms with Crippen molar-refractivity contribution in [3.8, 4) is 5.19 Å². The van der Waals surface area contributed by atoms with E-state index in [0.29, 0.717) is 24.7 Å². The van der Waals surface area contributed by atoms with Crippen LogP contribution >= 0.6 is 22.9 Å². The zero-order chi connectivity index (χ0) is 19.5. The highest BCUT2D eigenvalue weighted by Gasteiger charge is 2.31. The van der Waals surface area contributed by atoms with Gasteiger partial charge in [0.1, 0.15) is 11.9 Å². The predicted octanol–water partition coefficient (Wildman–Crippen LogP) is 4.08. The summed E-state index contributed by atoms with van der Waals surface area (Å²) >= 11 is 7.58. The van der Waals surface area contributed by atoms with Crippen LogP contribution in [0.5, 0.6) is 5.19 Å². The molecular weight excluding hydrogens is 401 g/mol. The first-order valence-electron chi connectivity index (χ1n) is 9.64. The number of halogens is 2. The van der Waals surface area contributed by atoms with Crippen molar-refractivity contribution < 1.29 is 13.9 Å². The summed E-state index contributed by atoms with van der Waals surface area (Å²) in [4.78, 5) is 21.2. The number of amides is 1. The van der Waals surface area contributed by atoms with Gasteiger partial charge in [-0.05, 0) is 43.9 Å². The minimum absolute atomic E-state index is 0.112. The van der Waals surface area contributed by atoms with E-state index >= 15 is 0 Å². The molecule has 1 aromatic heterocycles. The first kappa shape index (κ1) is 19.6. The topological polar surface area (TPSA) is 45.7 Å². The quantitative estimate of drug-likeness (QED) is 0.743. The van der Waals surface area contributed by atoms with Crippen molar-refractivity contribution in [3.63, 3.8) is 0 Å². The summed E-state index contributed by atoms with van der Waals surface area (Å²) in [6, 6.07) is 4.44. The molecule has 2 fully saturated rings. The maximum absolute atomic E-state index is 13.2. The summed E-state index contributed by atoms with van der Waals surface area (Å²) in [5, 5.41) is 2.86. The summed E-state index contributed by atoms with van der Waals surface area (Å²) in [5.74, 6) is -0.540. The van der Waals surface area contributed by atoms with Crippen LogP contribution in [-0.2, 0) is 0 Å². The van der Waals surface area contributed by atoms with Gasteiger partial charge >= 0.3 is 0 Å². The Bertz CT molecular complexity index is 804. The van der Waals surface area contributed by atoms with E-state index in [1.807, 2.05) is 10.3 Å². The van der Waals surface area contributed by atoms with Crippen LogP contribution < -0.4 is 4.74 Å². The van der Waals surface area contributed by atoms with Gasteiger partial charge in [0.2, 0.25) is 0 Å². The van der Waals surface area contributed by atoms with Crippen molar-refractivity contribution >= 4 is 28.8 Å². The van der Waals surface area contributed by atoms with Crippen LogP contribution in [-0.4, -0.2) is 59.0 Å². The average molecular weight is 424 g/mol. The minimum Gasteiger partial charge on any atom is -0.467 e. The molecule has 1 aromatic carbocycles. The summed E-state index contributed by atoms with van der Waals surface area (Å²) in [6.07, 6.45) is 5.91. The Morgan fingerprint density at radius 1 is 1.18 bits per heavy atom. The molecule has 5 nitrogen and oxygen atoms in total. The molecule has 28 heavy (non-hydrogen) atoms. The number of carbonyl (C=O) groups is 1. The maximum atomic E-state index is 13.2. The van der Waals surface area contributed by atoms with Crippen molar-refractivity contribution in [3.05, 3.63) is 46.2 Å². The van der Waals surface area contributed by atoms with E-state index in [9.17, 15) is 9.18 Å². The monoisotopic (exact) mass is 423 g/mol. The number of nitrogens with zero attached hydrogens (tertiary/aromatic N) is 3. The highest BCUT2D eigenvalue weighted by Crippen LogP contribution is 2.26. The number of hydrogen-bond donors (Lipinski definition) is 0.